The van der Waals surface area contributed by atoms with Crippen LogP contribution in [0.1, 0.15) is 29.2 Å². The van der Waals surface area contributed by atoms with E-state index in [4.69, 9.17) is 0 Å². The molecule has 0 saturated carbocycles. The normalized spacial score (nSPS) is 16.5. The van der Waals surface area contributed by atoms with Gasteiger partial charge in [-0.3, -0.25) is 10.1 Å². The van der Waals surface area contributed by atoms with Crippen molar-refractivity contribution in [3.63, 3.8) is 0 Å². The van der Waals surface area contributed by atoms with Crippen molar-refractivity contribution in [2.24, 2.45) is 0 Å². The van der Waals surface area contributed by atoms with Gasteiger partial charge in [-0.2, -0.15) is 0 Å². The van der Waals surface area contributed by atoms with Gasteiger partial charge in [0.05, 0.1) is 11.0 Å². The van der Waals surface area contributed by atoms with Crippen molar-refractivity contribution in [2.75, 3.05) is 5.32 Å². The predicted molar refractivity (Wildman–Crippen MR) is 80.6 cm³/mol. The van der Waals surface area contributed by atoms with E-state index < -0.39 is 0 Å². The number of hydrogen-bond donors (Lipinski definition) is 2. The van der Waals surface area contributed by atoms with Crippen LogP contribution in [-0.4, -0.2) is 10.0 Å². The lowest BCUT2D eigenvalue weighted by Gasteiger charge is -2.16. The average Bonchev–Trinajstić information content (AvgIpc) is 2.85. The first-order valence-electron chi connectivity index (χ1n) is 6.88. The Labute approximate surface area is 122 Å². The fourth-order valence-electron chi connectivity index (χ4n) is 2.88. The second-order valence-corrected chi connectivity index (χ2v) is 5.34. The SMILES string of the molecule is Cc1ccc(NC2CCc3c(O)cccc32)cc1[N+](=O)[O-]. The number of rotatable bonds is 3. The van der Waals surface area contributed by atoms with E-state index in [1.807, 2.05) is 18.2 Å². The number of hydrogen-bond acceptors (Lipinski definition) is 4. The first-order valence-corrected chi connectivity index (χ1v) is 6.88. The van der Waals surface area contributed by atoms with Gasteiger partial charge in [-0.05, 0) is 43.0 Å². The minimum absolute atomic E-state index is 0.0782. The number of benzene rings is 2. The summed E-state index contributed by atoms with van der Waals surface area (Å²) in [6.45, 7) is 1.73. The fourth-order valence-corrected chi connectivity index (χ4v) is 2.88. The van der Waals surface area contributed by atoms with Gasteiger partial charge in [0.2, 0.25) is 0 Å². The van der Waals surface area contributed by atoms with Crippen molar-refractivity contribution in [2.45, 2.75) is 25.8 Å². The average molecular weight is 284 g/mol. The third kappa shape index (κ3) is 2.42. The molecule has 0 aromatic heterocycles. The third-order valence-electron chi connectivity index (χ3n) is 3.99. The molecule has 0 aliphatic heterocycles. The number of aromatic hydroxyl groups is 1. The summed E-state index contributed by atoms with van der Waals surface area (Å²) in [5.74, 6) is 0.326. The van der Waals surface area contributed by atoms with Crippen LogP contribution >= 0.6 is 0 Å². The Hall–Kier alpha value is -2.56. The molecule has 2 aromatic rings. The molecule has 1 aliphatic rings. The van der Waals surface area contributed by atoms with Crippen LogP contribution in [0.2, 0.25) is 0 Å². The number of nitrogens with zero attached hydrogens (tertiary/aromatic N) is 1. The molecule has 21 heavy (non-hydrogen) atoms. The van der Waals surface area contributed by atoms with E-state index in [0.717, 1.165) is 29.7 Å². The van der Waals surface area contributed by atoms with Gasteiger partial charge in [-0.15, -0.1) is 0 Å². The zero-order valence-electron chi connectivity index (χ0n) is 11.7. The summed E-state index contributed by atoms with van der Waals surface area (Å²) in [5, 5.41) is 24.2. The highest BCUT2D eigenvalue weighted by Crippen LogP contribution is 2.38. The lowest BCUT2D eigenvalue weighted by Crippen LogP contribution is -2.07. The highest BCUT2D eigenvalue weighted by atomic mass is 16.6. The molecular weight excluding hydrogens is 268 g/mol. The predicted octanol–water partition coefficient (Wildman–Crippen LogP) is 3.71. The Bertz CT molecular complexity index is 713. The summed E-state index contributed by atoms with van der Waals surface area (Å²) in [5.41, 5.74) is 3.53. The van der Waals surface area contributed by atoms with E-state index in [1.165, 1.54) is 0 Å². The molecule has 2 aromatic carbocycles. The maximum absolute atomic E-state index is 11.0. The van der Waals surface area contributed by atoms with Gasteiger partial charge in [0, 0.05) is 17.3 Å². The first-order chi connectivity index (χ1) is 10.1. The van der Waals surface area contributed by atoms with Crippen molar-refractivity contribution in [3.8, 4) is 5.75 Å². The van der Waals surface area contributed by atoms with Gasteiger partial charge in [0.25, 0.3) is 5.69 Å². The zero-order chi connectivity index (χ0) is 15.0. The van der Waals surface area contributed by atoms with E-state index >= 15 is 0 Å². The number of nitrogens with one attached hydrogen (secondary N) is 1. The van der Waals surface area contributed by atoms with E-state index in [9.17, 15) is 15.2 Å². The quantitative estimate of drug-likeness (QED) is 0.665. The monoisotopic (exact) mass is 284 g/mol. The van der Waals surface area contributed by atoms with Gasteiger partial charge in [-0.25, -0.2) is 0 Å². The first kappa shape index (κ1) is 13.4. The van der Waals surface area contributed by atoms with Crippen LogP contribution in [0.5, 0.6) is 5.75 Å². The molecule has 0 saturated heterocycles. The molecule has 0 fully saturated rings. The van der Waals surface area contributed by atoms with Crippen LogP contribution in [0.15, 0.2) is 36.4 Å². The molecule has 5 nitrogen and oxygen atoms in total. The molecule has 0 radical (unpaired) electrons. The molecule has 108 valence electrons. The van der Waals surface area contributed by atoms with Crippen LogP contribution in [0.3, 0.4) is 0 Å². The van der Waals surface area contributed by atoms with Crippen molar-refractivity contribution >= 4 is 11.4 Å². The molecule has 0 amide bonds. The van der Waals surface area contributed by atoms with Gasteiger partial charge in [0.1, 0.15) is 5.75 Å². The largest absolute Gasteiger partial charge is 0.508 e. The van der Waals surface area contributed by atoms with Gasteiger partial charge >= 0.3 is 0 Å². The van der Waals surface area contributed by atoms with E-state index in [1.54, 1.807) is 25.1 Å². The highest BCUT2D eigenvalue weighted by Gasteiger charge is 2.25. The molecule has 1 unspecified atom stereocenters. The summed E-state index contributed by atoms with van der Waals surface area (Å²) >= 11 is 0. The molecule has 1 aliphatic carbocycles. The Kier molecular flexibility index (Phi) is 3.25. The molecule has 5 heteroatoms. The van der Waals surface area contributed by atoms with Crippen molar-refractivity contribution in [1.82, 2.24) is 0 Å². The van der Waals surface area contributed by atoms with Crippen molar-refractivity contribution in [1.29, 1.82) is 0 Å². The van der Waals surface area contributed by atoms with Crippen LogP contribution in [0.4, 0.5) is 11.4 Å². The van der Waals surface area contributed by atoms with Crippen molar-refractivity contribution in [3.05, 3.63) is 63.2 Å². The summed E-state index contributed by atoms with van der Waals surface area (Å²) in [6.07, 6.45) is 1.68. The summed E-state index contributed by atoms with van der Waals surface area (Å²) < 4.78 is 0. The molecular formula is C16H16N2O3. The second kappa shape index (κ2) is 5.09. The van der Waals surface area contributed by atoms with Crippen LogP contribution < -0.4 is 5.32 Å². The smallest absolute Gasteiger partial charge is 0.274 e. The third-order valence-corrected chi connectivity index (χ3v) is 3.99. The zero-order valence-corrected chi connectivity index (χ0v) is 11.7. The maximum Gasteiger partial charge on any atom is 0.274 e. The number of nitro benzene ring substituents is 1. The number of anilines is 1. The van der Waals surface area contributed by atoms with Crippen LogP contribution in [0, 0.1) is 17.0 Å². The van der Waals surface area contributed by atoms with E-state index in [2.05, 4.69) is 5.32 Å². The highest BCUT2D eigenvalue weighted by molar-refractivity contribution is 5.57. The van der Waals surface area contributed by atoms with E-state index in [0.29, 0.717) is 11.3 Å². The minimum atomic E-state index is -0.366. The molecule has 1 atom stereocenters. The van der Waals surface area contributed by atoms with Gasteiger partial charge in [0.15, 0.2) is 0 Å². The number of phenolic OH excluding ortho intramolecular Hbond substituents is 1. The second-order valence-electron chi connectivity index (χ2n) is 5.34. The molecule has 0 heterocycles. The Balaban J connectivity index is 1.88. The summed E-state index contributed by atoms with van der Waals surface area (Å²) in [4.78, 5) is 10.6. The van der Waals surface area contributed by atoms with Gasteiger partial charge in [-0.1, -0.05) is 18.2 Å². The maximum atomic E-state index is 11.0. The van der Waals surface area contributed by atoms with Crippen molar-refractivity contribution < 1.29 is 10.0 Å². The summed E-state index contributed by atoms with van der Waals surface area (Å²) in [7, 11) is 0. The molecule has 2 N–H and O–H groups in total. The molecule has 0 spiro atoms. The minimum Gasteiger partial charge on any atom is -0.508 e. The number of fused-ring (bicyclic) bond motifs is 1. The molecule has 0 bridgehead atoms. The van der Waals surface area contributed by atoms with Crippen LogP contribution in [0.25, 0.3) is 0 Å². The summed E-state index contributed by atoms with van der Waals surface area (Å²) in [6, 6.07) is 10.7. The van der Waals surface area contributed by atoms with Crippen LogP contribution in [-0.2, 0) is 6.42 Å². The Morgan fingerprint density at radius 1 is 1.33 bits per heavy atom. The van der Waals surface area contributed by atoms with E-state index in [-0.39, 0.29) is 16.7 Å². The lowest BCUT2D eigenvalue weighted by molar-refractivity contribution is -0.385. The van der Waals surface area contributed by atoms with Gasteiger partial charge < -0.3 is 10.4 Å². The topological polar surface area (TPSA) is 75.4 Å². The number of nitro groups is 1. The molecule has 3 rings (SSSR count). The number of phenols is 1. The number of aryl methyl sites for hydroxylation is 1. The fraction of sp³-hybridized carbons (Fsp3) is 0.250. The Morgan fingerprint density at radius 2 is 2.14 bits per heavy atom. The Morgan fingerprint density at radius 3 is 2.90 bits per heavy atom. The standard InChI is InChI=1S/C16H16N2O3/c1-10-5-6-11(9-15(10)18(20)21)17-14-8-7-13-12(14)3-2-4-16(13)19/h2-6,9,14,17,19H,7-8H2,1H3. The lowest BCUT2D eigenvalue weighted by atomic mass is 10.1.